The lowest BCUT2D eigenvalue weighted by molar-refractivity contribution is 0.788. The van der Waals surface area contributed by atoms with Crippen LogP contribution in [0.15, 0.2) is 194 Å². The SMILES string of the molecule is c1ccc(-c2cc(-c3ccc(-c4nc(-c5ccccc5)nc5c4C4(c6ccccc6-c6ccccc64)c4ccccc4-5)cc3)nc(-c3ccccc3)n2)cc1. The van der Waals surface area contributed by atoms with E-state index < -0.39 is 5.41 Å². The molecule has 0 fully saturated rings. The van der Waals surface area contributed by atoms with E-state index in [4.69, 9.17) is 19.9 Å². The molecule has 0 unspecified atom stereocenters. The van der Waals surface area contributed by atoms with Gasteiger partial charge in [0.15, 0.2) is 11.6 Å². The van der Waals surface area contributed by atoms with E-state index in [0.717, 1.165) is 61.7 Å². The lowest BCUT2D eigenvalue weighted by Crippen LogP contribution is -2.27. The fraction of sp³-hybridized carbons (Fsp3) is 0.0196. The minimum atomic E-state index is -0.579. The molecule has 9 aromatic rings. The number of hydrogen-bond donors (Lipinski definition) is 0. The Kier molecular flexibility index (Phi) is 7.04. The first-order valence-corrected chi connectivity index (χ1v) is 18.7. The van der Waals surface area contributed by atoms with Crippen molar-refractivity contribution in [2.24, 2.45) is 0 Å². The number of benzene rings is 7. The predicted molar refractivity (Wildman–Crippen MR) is 221 cm³/mol. The molecule has 256 valence electrons. The molecule has 55 heavy (non-hydrogen) atoms. The van der Waals surface area contributed by atoms with Gasteiger partial charge in [0.2, 0.25) is 0 Å². The van der Waals surface area contributed by atoms with Crippen LogP contribution in [-0.2, 0) is 5.41 Å². The molecule has 4 nitrogen and oxygen atoms in total. The van der Waals surface area contributed by atoms with Crippen molar-refractivity contribution in [1.82, 2.24) is 19.9 Å². The van der Waals surface area contributed by atoms with Crippen LogP contribution in [-0.4, -0.2) is 19.9 Å². The van der Waals surface area contributed by atoms with E-state index >= 15 is 0 Å². The molecular weight excluding hydrogens is 669 g/mol. The molecule has 0 saturated heterocycles. The lowest BCUT2D eigenvalue weighted by atomic mass is 9.69. The van der Waals surface area contributed by atoms with Crippen molar-refractivity contribution in [2.75, 3.05) is 0 Å². The van der Waals surface area contributed by atoms with Gasteiger partial charge in [0, 0.05) is 38.9 Å². The molecule has 2 aliphatic carbocycles. The molecule has 0 aliphatic heterocycles. The summed E-state index contributed by atoms with van der Waals surface area (Å²) in [5.74, 6) is 1.40. The molecule has 2 aromatic heterocycles. The normalized spacial score (nSPS) is 12.9. The number of hydrogen-bond acceptors (Lipinski definition) is 4. The van der Waals surface area contributed by atoms with E-state index in [1.807, 2.05) is 42.5 Å². The fourth-order valence-electron chi connectivity index (χ4n) is 8.75. The first-order chi connectivity index (χ1) is 27.3. The summed E-state index contributed by atoms with van der Waals surface area (Å²) in [6.45, 7) is 0. The maximum Gasteiger partial charge on any atom is 0.160 e. The fourth-order valence-corrected chi connectivity index (χ4v) is 8.75. The molecule has 0 N–H and O–H groups in total. The van der Waals surface area contributed by atoms with Crippen LogP contribution in [0.3, 0.4) is 0 Å². The highest BCUT2D eigenvalue weighted by atomic mass is 14.9. The van der Waals surface area contributed by atoms with Crippen LogP contribution < -0.4 is 0 Å². The van der Waals surface area contributed by atoms with Gasteiger partial charge in [0.1, 0.15) is 0 Å². The van der Waals surface area contributed by atoms with Crippen molar-refractivity contribution >= 4 is 0 Å². The second kappa shape index (κ2) is 12.4. The predicted octanol–water partition coefficient (Wildman–Crippen LogP) is 11.9. The number of aromatic nitrogens is 4. The quantitative estimate of drug-likeness (QED) is 0.179. The molecule has 0 atom stereocenters. The summed E-state index contributed by atoms with van der Waals surface area (Å²) in [5.41, 5.74) is 16.6. The van der Waals surface area contributed by atoms with Crippen LogP contribution >= 0.6 is 0 Å². The van der Waals surface area contributed by atoms with Gasteiger partial charge in [-0.1, -0.05) is 188 Å². The van der Waals surface area contributed by atoms with Gasteiger partial charge in [0.25, 0.3) is 0 Å². The molecule has 1 spiro atoms. The van der Waals surface area contributed by atoms with Crippen molar-refractivity contribution in [3.8, 4) is 78.9 Å². The molecule has 0 radical (unpaired) electrons. The van der Waals surface area contributed by atoms with E-state index in [-0.39, 0.29) is 0 Å². The molecule has 2 aliphatic rings. The first-order valence-electron chi connectivity index (χ1n) is 18.7. The lowest BCUT2D eigenvalue weighted by Gasteiger charge is -2.31. The molecule has 0 saturated carbocycles. The summed E-state index contributed by atoms with van der Waals surface area (Å²) >= 11 is 0. The Balaban J connectivity index is 1.15. The number of nitrogens with zero attached hydrogens (tertiary/aromatic N) is 4. The third kappa shape index (κ3) is 4.78. The highest BCUT2D eigenvalue weighted by Crippen LogP contribution is 2.64. The van der Waals surface area contributed by atoms with Gasteiger partial charge in [-0.3, -0.25) is 0 Å². The van der Waals surface area contributed by atoms with Crippen LogP contribution in [0.25, 0.3) is 78.9 Å². The molecule has 0 bridgehead atoms. The second-order valence-electron chi connectivity index (χ2n) is 14.1. The largest absolute Gasteiger partial charge is 0.228 e. The maximum absolute atomic E-state index is 5.51. The Morgan fingerprint density at radius 3 is 1.22 bits per heavy atom. The Hall–Kier alpha value is -7.30. The Bertz CT molecular complexity index is 2800. The van der Waals surface area contributed by atoms with Crippen molar-refractivity contribution in [1.29, 1.82) is 0 Å². The van der Waals surface area contributed by atoms with E-state index in [2.05, 4.69) is 152 Å². The van der Waals surface area contributed by atoms with Crippen molar-refractivity contribution in [2.45, 2.75) is 5.41 Å². The molecule has 4 heteroatoms. The summed E-state index contributed by atoms with van der Waals surface area (Å²) in [6.07, 6.45) is 0. The summed E-state index contributed by atoms with van der Waals surface area (Å²) < 4.78 is 0. The highest BCUT2D eigenvalue weighted by Gasteiger charge is 2.54. The molecule has 0 amide bonds. The Morgan fingerprint density at radius 2 is 0.673 bits per heavy atom. The Labute approximate surface area is 319 Å². The number of fused-ring (bicyclic) bond motifs is 10. The van der Waals surface area contributed by atoms with Crippen LogP contribution in [0.4, 0.5) is 0 Å². The monoisotopic (exact) mass is 700 g/mol. The van der Waals surface area contributed by atoms with Gasteiger partial charge < -0.3 is 0 Å². The summed E-state index contributed by atoms with van der Waals surface area (Å²) in [4.78, 5) is 21.1. The third-order valence-electron chi connectivity index (χ3n) is 11.1. The zero-order valence-corrected chi connectivity index (χ0v) is 29.8. The van der Waals surface area contributed by atoms with Crippen LogP contribution in [0.5, 0.6) is 0 Å². The summed E-state index contributed by atoms with van der Waals surface area (Å²) in [7, 11) is 0. The van der Waals surface area contributed by atoms with Crippen molar-refractivity contribution in [3.63, 3.8) is 0 Å². The van der Waals surface area contributed by atoms with Crippen molar-refractivity contribution in [3.05, 3.63) is 216 Å². The van der Waals surface area contributed by atoms with Gasteiger partial charge in [-0.25, -0.2) is 19.9 Å². The van der Waals surface area contributed by atoms with E-state index in [1.54, 1.807) is 0 Å². The molecule has 11 rings (SSSR count). The average molecular weight is 701 g/mol. The first kappa shape index (κ1) is 31.2. The zero-order chi connectivity index (χ0) is 36.3. The minimum absolute atomic E-state index is 0.579. The summed E-state index contributed by atoms with van der Waals surface area (Å²) in [5, 5.41) is 0. The van der Waals surface area contributed by atoms with Crippen molar-refractivity contribution < 1.29 is 0 Å². The van der Waals surface area contributed by atoms with Gasteiger partial charge in [-0.2, -0.15) is 0 Å². The van der Waals surface area contributed by atoms with Crippen LogP contribution in [0.2, 0.25) is 0 Å². The second-order valence-corrected chi connectivity index (χ2v) is 14.1. The van der Waals surface area contributed by atoms with Crippen LogP contribution in [0.1, 0.15) is 22.3 Å². The summed E-state index contributed by atoms with van der Waals surface area (Å²) in [6, 6.07) is 68.2. The maximum atomic E-state index is 5.51. The molecular formula is C51H32N4. The van der Waals surface area contributed by atoms with Crippen LogP contribution in [0, 0.1) is 0 Å². The Morgan fingerprint density at radius 1 is 0.291 bits per heavy atom. The van der Waals surface area contributed by atoms with Gasteiger partial charge in [-0.15, -0.1) is 0 Å². The number of rotatable bonds is 5. The van der Waals surface area contributed by atoms with E-state index in [9.17, 15) is 0 Å². The van der Waals surface area contributed by atoms with E-state index in [0.29, 0.717) is 11.6 Å². The van der Waals surface area contributed by atoms with Gasteiger partial charge >= 0.3 is 0 Å². The van der Waals surface area contributed by atoms with E-state index in [1.165, 1.54) is 27.8 Å². The molecule has 2 heterocycles. The topological polar surface area (TPSA) is 51.6 Å². The smallest absolute Gasteiger partial charge is 0.160 e. The highest BCUT2D eigenvalue weighted by molar-refractivity contribution is 5.97. The minimum Gasteiger partial charge on any atom is -0.228 e. The molecule has 7 aromatic carbocycles. The van der Waals surface area contributed by atoms with Gasteiger partial charge in [0.05, 0.1) is 28.2 Å². The zero-order valence-electron chi connectivity index (χ0n) is 29.8. The average Bonchev–Trinajstić information content (AvgIpc) is 3.74. The van der Waals surface area contributed by atoms with Gasteiger partial charge in [-0.05, 0) is 33.9 Å². The standard InChI is InChI=1S/C51H32N4/c1-4-16-33(17-5-1)44-32-45(53-49(52-44)36-18-6-2-7-19-36)34-28-30-35(31-29-34)47-46-48(55-50(54-47)37-20-8-3-9-21-37)40-24-12-15-27-43(40)51(46)41-25-13-10-22-38(41)39-23-11-14-26-42(39)51/h1-32H. The third-order valence-corrected chi connectivity index (χ3v) is 11.1.